The highest BCUT2D eigenvalue weighted by atomic mass is 32.1. The first kappa shape index (κ1) is 17.3. The van der Waals surface area contributed by atoms with Crippen molar-refractivity contribution in [2.75, 3.05) is 13.2 Å². The Morgan fingerprint density at radius 1 is 1.18 bits per heavy atom. The lowest BCUT2D eigenvalue weighted by molar-refractivity contribution is 0.325. The van der Waals surface area contributed by atoms with E-state index < -0.39 is 8.32 Å². The van der Waals surface area contributed by atoms with Crippen LogP contribution >= 0.6 is 25.3 Å². The molecule has 1 N–H and O–H groups in total. The van der Waals surface area contributed by atoms with E-state index in [1.165, 1.54) is 0 Å². The molecular weight excluding hydrogens is 268 g/mol. The smallest absolute Gasteiger partial charge is 0.192 e. The van der Waals surface area contributed by atoms with Crippen LogP contribution in [0.5, 0.6) is 0 Å². The van der Waals surface area contributed by atoms with Crippen LogP contribution in [0.15, 0.2) is 22.0 Å². The van der Waals surface area contributed by atoms with Crippen LogP contribution in [-0.4, -0.2) is 26.6 Å². The van der Waals surface area contributed by atoms with E-state index in [4.69, 9.17) is 9.53 Å². The summed E-state index contributed by atoms with van der Waals surface area (Å²) in [6.07, 6.45) is 3.55. The third-order valence-electron chi connectivity index (χ3n) is 3.02. The molecule has 0 rings (SSSR count). The molecular formula is C12H24O2S2Si. The number of hydrogen-bond donors (Lipinski definition) is 3. The van der Waals surface area contributed by atoms with Crippen LogP contribution in [0.2, 0.25) is 18.1 Å². The number of aliphatic hydroxyl groups excluding tert-OH is 1. The summed E-state index contributed by atoms with van der Waals surface area (Å²) in [6, 6.07) is 0. The van der Waals surface area contributed by atoms with Crippen LogP contribution in [-0.2, 0) is 4.43 Å². The predicted octanol–water partition coefficient (Wildman–Crippen LogP) is 3.63. The van der Waals surface area contributed by atoms with E-state index in [1.54, 1.807) is 6.08 Å². The maximum atomic E-state index is 8.79. The van der Waals surface area contributed by atoms with E-state index in [0.717, 1.165) is 4.91 Å². The van der Waals surface area contributed by atoms with Crippen molar-refractivity contribution in [2.24, 2.45) is 0 Å². The number of aliphatic hydroxyl groups is 1. The maximum Gasteiger partial charge on any atom is 0.192 e. The molecule has 0 heterocycles. The Morgan fingerprint density at radius 3 is 2.06 bits per heavy atom. The van der Waals surface area contributed by atoms with E-state index in [-0.39, 0.29) is 11.6 Å². The van der Waals surface area contributed by atoms with Gasteiger partial charge in [-0.3, -0.25) is 0 Å². The molecule has 0 aromatic heterocycles. The Bertz CT molecular complexity index is 304. The second-order valence-corrected chi connectivity index (χ2v) is 11.5. The zero-order valence-electron chi connectivity index (χ0n) is 11.3. The molecule has 0 amide bonds. The zero-order valence-corrected chi connectivity index (χ0v) is 14.1. The Hall–Kier alpha value is 0.317. The lowest BCUT2D eigenvalue weighted by Gasteiger charge is -2.36. The average Bonchev–Trinajstić information content (AvgIpc) is 2.21. The second-order valence-electron chi connectivity index (χ2n) is 5.52. The average molecular weight is 293 g/mol. The minimum atomic E-state index is -1.71. The van der Waals surface area contributed by atoms with Gasteiger partial charge in [-0.2, -0.15) is 0 Å². The van der Waals surface area contributed by atoms with Crippen molar-refractivity contribution in [3.63, 3.8) is 0 Å². The third-order valence-corrected chi connectivity index (χ3v) is 8.06. The Kier molecular flexibility index (Phi) is 7.17. The molecule has 2 nitrogen and oxygen atoms in total. The highest BCUT2D eigenvalue weighted by Gasteiger charge is 2.36. The molecule has 0 aliphatic carbocycles. The van der Waals surface area contributed by atoms with E-state index in [1.807, 2.05) is 6.08 Å². The normalized spacial score (nSPS) is 15.3. The zero-order chi connectivity index (χ0) is 13.7. The fourth-order valence-electron chi connectivity index (χ4n) is 0.764. The van der Waals surface area contributed by atoms with Gasteiger partial charge in [-0.25, -0.2) is 0 Å². The lowest BCUT2D eigenvalue weighted by atomic mass is 10.2. The maximum absolute atomic E-state index is 8.79. The molecule has 0 aromatic carbocycles. The van der Waals surface area contributed by atoms with Crippen molar-refractivity contribution in [1.29, 1.82) is 0 Å². The fourth-order valence-corrected chi connectivity index (χ4v) is 2.05. The summed E-state index contributed by atoms with van der Waals surface area (Å²) in [5.41, 5.74) is 0. The van der Waals surface area contributed by atoms with Gasteiger partial charge in [-0.05, 0) is 30.3 Å². The summed E-state index contributed by atoms with van der Waals surface area (Å²) in [5.74, 6) is 0. The van der Waals surface area contributed by atoms with Gasteiger partial charge < -0.3 is 9.53 Å². The first-order valence-electron chi connectivity index (χ1n) is 5.62. The molecule has 0 aliphatic heterocycles. The topological polar surface area (TPSA) is 29.5 Å². The molecule has 0 bridgehead atoms. The number of allylic oxidation sites excluding steroid dienone is 2. The molecule has 0 spiro atoms. The highest BCUT2D eigenvalue weighted by Crippen LogP contribution is 2.36. The molecule has 0 aliphatic rings. The van der Waals surface area contributed by atoms with Crippen molar-refractivity contribution in [2.45, 2.75) is 38.9 Å². The van der Waals surface area contributed by atoms with Crippen LogP contribution in [0, 0.1) is 0 Å². The van der Waals surface area contributed by atoms with Crippen molar-refractivity contribution in [3.8, 4) is 0 Å². The highest BCUT2D eigenvalue weighted by molar-refractivity contribution is 7.84. The second kappa shape index (κ2) is 7.04. The van der Waals surface area contributed by atoms with E-state index in [2.05, 4.69) is 59.1 Å². The summed E-state index contributed by atoms with van der Waals surface area (Å²) < 4.78 is 6.00. The number of rotatable bonds is 5. The van der Waals surface area contributed by atoms with Crippen LogP contribution < -0.4 is 0 Å². The van der Waals surface area contributed by atoms with Crippen LogP contribution in [0.4, 0.5) is 0 Å². The quantitative estimate of drug-likeness (QED) is 0.410. The Morgan fingerprint density at radius 2 is 1.65 bits per heavy atom. The molecule has 0 saturated heterocycles. The van der Waals surface area contributed by atoms with Gasteiger partial charge in [0.2, 0.25) is 0 Å². The van der Waals surface area contributed by atoms with Crippen LogP contribution in [0.1, 0.15) is 20.8 Å². The standard InChI is InChI=1S/C12H24O2S2Si/c1-12(2,3)17(4,5)14-9-11(16)7-6-10(15)8-13/h6-7,13,15-16H,8-9H2,1-5H3/b10-6-,11-7-. The molecule has 0 fully saturated rings. The molecule has 0 unspecified atom stereocenters. The molecule has 5 heteroatoms. The molecule has 100 valence electrons. The van der Waals surface area contributed by atoms with Crippen molar-refractivity contribution < 1.29 is 9.53 Å². The summed E-state index contributed by atoms with van der Waals surface area (Å²) in [5, 5.41) is 9.00. The summed E-state index contributed by atoms with van der Waals surface area (Å²) >= 11 is 8.43. The monoisotopic (exact) mass is 292 g/mol. The van der Waals surface area contributed by atoms with Crippen molar-refractivity contribution in [1.82, 2.24) is 0 Å². The third kappa shape index (κ3) is 6.72. The fraction of sp³-hybridized carbons (Fsp3) is 0.667. The van der Waals surface area contributed by atoms with Gasteiger partial charge in [0.1, 0.15) is 0 Å². The molecule has 17 heavy (non-hydrogen) atoms. The molecule has 0 saturated carbocycles. The SMILES string of the molecule is CC(C)(C)[Si](C)(C)OC/C(S)=C/C=C(\S)CO. The number of thiol groups is 2. The molecule has 0 atom stereocenters. The van der Waals surface area contributed by atoms with Gasteiger partial charge in [0.15, 0.2) is 8.32 Å². The summed E-state index contributed by atoms with van der Waals surface area (Å²) in [4.78, 5) is 1.46. The lowest BCUT2D eigenvalue weighted by Crippen LogP contribution is -2.41. The van der Waals surface area contributed by atoms with Crippen molar-refractivity contribution >= 4 is 33.6 Å². The first-order chi connectivity index (χ1) is 7.60. The van der Waals surface area contributed by atoms with Gasteiger partial charge in [-0.1, -0.05) is 20.8 Å². The largest absolute Gasteiger partial charge is 0.412 e. The van der Waals surface area contributed by atoms with E-state index in [0.29, 0.717) is 11.5 Å². The summed E-state index contributed by atoms with van der Waals surface area (Å²) in [7, 11) is -1.71. The Labute approximate surface area is 117 Å². The molecule has 0 radical (unpaired) electrons. The Balaban J connectivity index is 4.40. The summed E-state index contributed by atoms with van der Waals surface area (Å²) in [6.45, 7) is 11.5. The van der Waals surface area contributed by atoms with Gasteiger partial charge in [0, 0.05) is 9.81 Å². The van der Waals surface area contributed by atoms with Crippen molar-refractivity contribution in [3.05, 3.63) is 22.0 Å². The first-order valence-corrected chi connectivity index (χ1v) is 9.43. The number of hydrogen-bond acceptors (Lipinski definition) is 4. The predicted molar refractivity (Wildman–Crippen MR) is 84.4 cm³/mol. The van der Waals surface area contributed by atoms with Gasteiger partial charge in [0.05, 0.1) is 13.2 Å². The molecule has 0 aromatic rings. The van der Waals surface area contributed by atoms with Crippen LogP contribution in [0.25, 0.3) is 0 Å². The van der Waals surface area contributed by atoms with E-state index in [9.17, 15) is 0 Å². The minimum absolute atomic E-state index is 0.0518. The van der Waals surface area contributed by atoms with Crippen LogP contribution in [0.3, 0.4) is 0 Å². The van der Waals surface area contributed by atoms with Gasteiger partial charge >= 0.3 is 0 Å². The van der Waals surface area contributed by atoms with E-state index >= 15 is 0 Å². The van der Waals surface area contributed by atoms with Gasteiger partial charge in [-0.15, -0.1) is 25.3 Å². The van der Waals surface area contributed by atoms with Gasteiger partial charge in [0.25, 0.3) is 0 Å². The minimum Gasteiger partial charge on any atom is -0.412 e.